The molecule has 30 heavy (non-hydrogen) atoms. The van der Waals surface area contributed by atoms with Crippen LogP contribution in [-0.4, -0.2) is 38.8 Å². The molecule has 1 saturated heterocycles. The monoisotopic (exact) mass is 434 g/mol. The lowest BCUT2D eigenvalue weighted by atomic mass is 10.2. The maximum Gasteiger partial charge on any atom is 0.286 e. The van der Waals surface area contributed by atoms with Crippen molar-refractivity contribution in [3.63, 3.8) is 0 Å². The molecule has 7 heteroatoms. The van der Waals surface area contributed by atoms with Gasteiger partial charge >= 0.3 is 0 Å². The Morgan fingerprint density at radius 1 is 0.967 bits per heavy atom. The maximum atomic E-state index is 12.7. The molecule has 0 unspecified atom stereocenters. The highest BCUT2D eigenvalue weighted by molar-refractivity contribution is 8.18. The molecule has 4 heterocycles. The van der Waals surface area contributed by atoms with Crippen LogP contribution in [0.1, 0.15) is 31.2 Å². The Hall–Kier alpha value is -2.64. The summed E-state index contributed by atoms with van der Waals surface area (Å²) in [6, 6.07) is 14.1. The molecule has 1 aromatic carbocycles. The first-order valence-electron chi connectivity index (χ1n) is 10.2. The van der Waals surface area contributed by atoms with Gasteiger partial charge in [-0.1, -0.05) is 37.1 Å². The Morgan fingerprint density at radius 3 is 2.50 bits per heavy atom. The normalized spacial score (nSPS) is 18.7. The SMILES string of the molecule is O=C1N=C(N2CCCCCC2)SC1=Cc1cn(-c2ccccc2)nc1-c1cccs1. The zero-order chi connectivity index (χ0) is 20.3. The molecule has 2 aliphatic rings. The fourth-order valence-corrected chi connectivity index (χ4v) is 5.43. The average molecular weight is 435 g/mol. The predicted molar refractivity (Wildman–Crippen MR) is 125 cm³/mol. The van der Waals surface area contributed by atoms with E-state index in [1.54, 1.807) is 11.3 Å². The summed E-state index contributed by atoms with van der Waals surface area (Å²) in [6.45, 7) is 1.97. The minimum atomic E-state index is -0.149. The van der Waals surface area contributed by atoms with Gasteiger partial charge in [0.05, 0.1) is 15.5 Å². The van der Waals surface area contributed by atoms with E-state index in [-0.39, 0.29) is 5.91 Å². The first kappa shape index (κ1) is 19.3. The van der Waals surface area contributed by atoms with E-state index in [9.17, 15) is 4.79 Å². The molecule has 0 atom stereocenters. The van der Waals surface area contributed by atoms with E-state index in [1.807, 2.05) is 58.7 Å². The van der Waals surface area contributed by atoms with Crippen LogP contribution >= 0.6 is 23.1 Å². The smallest absolute Gasteiger partial charge is 0.286 e. The number of aliphatic imine (C=N–C) groups is 1. The van der Waals surface area contributed by atoms with E-state index in [2.05, 4.69) is 16.0 Å². The summed E-state index contributed by atoms with van der Waals surface area (Å²) in [6.07, 6.45) is 8.79. The number of rotatable bonds is 3. The second-order valence-corrected chi connectivity index (χ2v) is 9.36. The molecule has 0 saturated carbocycles. The Morgan fingerprint density at radius 2 is 1.77 bits per heavy atom. The van der Waals surface area contributed by atoms with Crippen LogP contribution in [0.3, 0.4) is 0 Å². The van der Waals surface area contributed by atoms with Gasteiger partial charge in [-0.05, 0) is 54.3 Å². The van der Waals surface area contributed by atoms with E-state index < -0.39 is 0 Å². The molecule has 1 amide bonds. The van der Waals surface area contributed by atoms with Crippen molar-refractivity contribution in [1.82, 2.24) is 14.7 Å². The molecule has 2 aliphatic heterocycles. The minimum Gasteiger partial charge on any atom is -0.351 e. The molecule has 0 spiro atoms. The van der Waals surface area contributed by atoms with Crippen LogP contribution in [0.25, 0.3) is 22.3 Å². The molecule has 0 aliphatic carbocycles. The van der Waals surface area contributed by atoms with Crippen molar-refractivity contribution in [2.75, 3.05) is 13.1 Å². The predicted octanol–water partition coefficient (Wildman–Crippen LogP) is 5.45. The third kappa shape index (κ3) is 4.00. The fourth-order valence-electron chi connectivity index (χ4n) is 3.75. The Labute approximate surface area is 184 Å². The van der Waals surface area contributed by atoms with E-state index in [0.717, 1.165) is 40.1 Å². The van der Waals surface area contributed by atoms with Crippen LogP contribution in [0.2, 0.25) is 0 Å². The summed E-state index contributed by atoms with van der Waals surface area (Å²) in [7, 11) is 0. The van der Waals surface area contributed by atoms with Gasteiger partial charge in [-0.2, -0.15) is 10.1 Å². The molecule has 5 nitrogen and oxygen atoms in total. The van der Waals surface area contributed by atoms with Crippen LogP contribution in [0.15, 0.2) is 63.9 Å². The number of hydrogen-bond acceptors (Lipinski definition) is 5. The molecule has 0 radical (unpaired) electrons. The summed E-state index contributed by atoms with van der Waals surface area (Å²) in [4.78, 5) is 21.0. The highest BCUT2D eigenvalue weighted by atomic mass is 32.2. The van der Waals surface area contributed by atoms with Crippen LogP contribution in [-0.2, 0) is 4.79 Å². The lowest BCUT2D eigenvalue weighted by molar-refractivity contribution is -0.113. The lowest BCUT2D eigenvalue weighted by Crippen LogP contribution is -2.28. The lowest BCUT2D eigenvalue weighted by Gasteiger charge is -2.20. The quantitative estimate of drug-likeness (QED) is 0.515. The summed E-state index contributed by atoms with van der Waals surface area (Å²) in [5, 5.41) is 7.72. The topological polar surface area (TPSA) is 50.5 Å². The van der Waals surface area contributed by atoms with E-state index >= 15 is 0 Å². The Kier molecular flexibility index (Phi) is 5.55. The number of carbonyl (C=O) groups is 1. The number of amides is 1. The molecule has 2 aromatic heterocycles. The first-order chi connectivity index (χ1) is 14.8. The van der Waals surface area contributed by atoms with Gasteiger partial charge < -0.3 is 4.90 Å². The van der Waals surface area contributed by atoms with Crippen molar-refractivity contribution in [3.05, 3.63) is 64.5 Å². The number of thioether (sulfide) groups is 1. The van der Waals surface area contributed by atoms with Crippen molar-refractivity contribution < 1.29 is 4.79 Å². The summed E-state index contributed by atoms with van der Waals surface area (Å²) < 4.78 is 1.88. The number of thiophene rings is 1. The second-order valence-electron chi connectivity index (χ2n) is 7.40. The zero-order valence-electron chi connectivity index (χ0n) is 16.5. The summed E-state index contributed by atoms with van der Waals surface area (Å²) >= 11 is 3.14. The van der Waals surface area contributed by atoms with Gasteiger partial charge in [0, 0.05) is 24.8 Å². The standard InChI is InChI=1S/C23H22N4OS2/c28-22-20(30-23(24-22)26-12-6-1-2-7-13-26)15-17-16-27(18-9-4-3-5-10-18)25-21(17)19-11-8-14-29-19/h3-5,8-11,14-16H,1-2,6-7,12-13H2. The van der Waals surface area contributed by atoms with Crippen molar-refractivity contribution >= 4 is 40.2 Å². The minimum absolute atomic E-state index is 0.149. The number of hydrogen-bond donors (Lipinski definition) is 0. The highest BCUT2D eigenvalue weighted by Crippen LogP contribution is 2.35. The van der Waals surface area contributed by atoms with Crippen molar-refractivity contribution in [2.24, 2.45) is 4.99 Å². The number of amidine groups is 1. The summed E-state index contributed by atoms with van der Waals surface area (Å²) in [5.74, 6) is -0.149. The van der Waals surface area contributed by atoms with Crippen molar-refractivity contribution in [3.8, 4) is 16.3 Å². The van der Waals surface area contributed by atoms with Gasteiger partial charge in [-0.25, -0.2) is 4.68 Å². The van der Waals surface area contributed by atoms with Gasteiger partial charge in [-0.3, -0.25) is 4.79 Å². The zero-order valence-corrected chi connectivity index (χ0v) is 18.2. The number of carbonyl (C=O) groups excluding carboxylic acids is 1. The van der Waals surface area contributed by atoms with Crippen LogP contribution < -0.4 is 0 Å². The Bertz CT molecular complexity index is 1090. The molecule has 1 fully saturated rings. The number of para-hydroxylation sites is 1. The van der Waals surface area contributed by atoms with E-state index in [4.69, 9.17) is 5.10 Å². The molecule has 5 rings (SSSR count). The molecular weight excluding hydrogens is 412 g/mol. The summed E-state index contributed by atoms with van der Waals surface area (Å²) in [5.41, 5.74) is 2.81. The van der Waals surface area contributed by atoms with Crippen LogP contribution in [0.5, 0.6) is 0 Å². The Balaban J connectivity index is 1.47. The highest BCUT2D eigenvalue weighted by Gasteiger charge is 2.27. The third-order valence-corrected chi connectivity index (χ3v) is 7.21. The fraction of sp³-hybridized carbons (Fsp3) is 0.261. The van der Waals surface area contributed by atoms with E-state index in [0.29, 0.717) is 4.91 Å². The number of likely N-dealkylation sites (tertiary alicyclic amines) is 1. The van der Waals surface area contributed by atoms with Gasteiger partial charge in [0.25, 0.3) is 5.91 Å². The van der Waals surface area contributed by atoms with Crippen LogP contribution in [0, 0.1) is 0 Å². The third-order valence-electron chi connectivity index (χ3n) is 5.29. The van der Waals surface area contributed by atoms with Gasteiger partial charge in [0.15, 0.2) is 5.17 Å². The number of aromatic nitrogens is 2. The first-order valence-corrected chi connectivity index (χ1v) is 11.9. The molecule has 0 N–H and O–H groups in total. The average Bonchev–Trinajstić information content (AvgIpc) is 3.46. The van der Waals surface area contributed by atoms with E-state index in [1.165, 1.54) is 37.4 Å². The van der Waals surface area contributed by atoms with Gasteiger partial charge in [0.2, 0.25) is 0 Å². The molecule has 152 valence electrons. The largest absolute Gasteiger partial charge is 0.351 e. The van der Waals surface area contributed by atoms with Crippen LogP contribution in [0.4, 0.5) is 0 Å². The van der Waals surface area contributed by atoms with Gasteiger partial charge in [0.1, 0.15) is 5.69 Å². The maximum absolute atomic E-state index is 12.7. The number of benzene rings is 1. The van der Waals surface area contributed by atoms with Crippen molar-refractivity contribution in [2.45, 2.75) is 25.7 Å². The number of nitrogens with zero attached hydrogens (tertiary/aromatic N) is 4. The van der Waals surface area contributed by atoms with Crippen molar-refractivity contribution in [1.29, 1.82) is 0 Å². The second kappa shape index (κ2) is 8.62. The van der Waals surface area contributed by atoms with Gasteiger partial charge in [-0.15, -0.1) is 11.3 Å². The molecular formula is C23H22N4OS2. The molecule has 3 aromatic rings. The molecule has 0 bridgehead atoms.